The van der Waals surface area contributed by atoms with Crippen LogP contribution < -0.4 is 10.6 Å². The molecular formula is C22H31N5. The molecule has 0 aliphatic carbocycles. The van der Waals surface area contributed by atoms with Gasteiger partial charge in [-0.05, 0) is 43.9 Å². The van der Waals surface area contributed by atoms with Gasteiger partial charge in [0.05, 0.1) is 5.69 Å². The van der Waals surface area contributed by atoms with Crippen molar-refractivity contribution in [3.63, 3.8) is 0 Å². The molecule has 27 heavy (non-hydrogen) atoms. The van der Waals surface area contributed by atoms with E-state index in [-0.39, 0.29) is 0 Å². The largest absolute Gasteiger partial charge is 0.356 e. The standard InChI is InChI=1S/C22H31N5/c1-18-6-8-19(9-7-18)10-14-25-22(23-2)26-20-11-15-27(16-12-20)17-21-5-3-4-13-24-21/h3-9,13,20H,10-12,14-17H2,1-2H3,(H2,23,25,26). The maximum atomic E-state index is 4.43. The summed E-state index contributed by atoms with van der Waals surface area (Å²) in [5.41, 5.74) is 3.81. The van der Waals surface area contributed by atoms with Gasteiger partial charge in [-0.25, -0.2) is 0 Å². The molecule has 2 heterocycles. The Morgan fingerprint density at radius 2 is 1.93 bits per heavy atom. The van der Waals surface area contributed by atoms with Crippen LogP contribution in [-0.4, -0.2) is 48.6 Å². The number of likely N-dealkylation sites (tertiary alicyclic amines) is 1. The number of pyridine rings is 1. The summed E-state index contributed by atoms with van der Waals surface area (Å²) in [6.07, 6.45) is 5.14. The predicted molar refractivity (Wildman–Crippen MR) is 112 cm³/mol. The Hall–Kier alpha value is -2.40. The van der Waals surface area contributed by atoms with E-state index in [9.17, 15) is 0 Å². The Balaban J connectivity index is 1.37. The summed E-state index contributed by atoms with van der Waals surface area (Å²) in [6.45, 7) is 6.14. The van der Waals surface area contributed by atoms with E-state index in [1.165, 1.54) is 11.1 Å². The number of rotatable bonds is 6. The highest BCUT2D eigenvalue weighted by Gasteiger charge is 2.20. The molecule has 3 rings (SSSR count). The molecule has 2 N–H and O–H groups in total. The molecule has 5 nitrogen and oxygen atoms in total. The van der Waals surface area contributed by atoms with E-state index in [0.29, 0.717) is 6.04 Å². The van der Waals surface area contributed by atoms with Crippen molar-refractivity contribution < 1.29 is 0 Å². The molecule has 1 fully saturated rings. The minimum Gasteiger partial charge on any atom is -0.356 e. The Bertz CT molecular complexity index is 703. The monoisotopic (exact) mass is 365 g/mol. The van der Waals surface area contributed by atoms with Crippen molar-refractivity contribution in [3.8, 4) is 0 Å². The molecule has 0 radical (unpaired) electrons. The zero-order chi connectivity index (χ0) is 18.9. The highest BCUT2D eigenvalue weighted by atomic mass is 15.2. The van der Waals surface area contributed by atoms with E-state index in [2.05, 4.69) is 68.8 Å². The van der Waals surface area contributed by atoms with Crippen LogP contribution in [0, 0.1) is 6.92 Å². The smallest absolute Gasteiger partial charge is 0.191 e. The number of hydrogen-bond donors (Lipinski definition) is 2. The Labute approximate surface area is 162 Å². The van der Waals surface area contributed by atoms with Gasteiger partial charge >= 0.3 is 0 Å². The fraction of sp³-hybridized carbons (Fsp3) is 0.455. The third-order valence-corrected chi connectivity index (χ3v) is 5.09. The molecule has 0 spiro atoms. The lowest BCUT2D eigenvalue weighted by Gasteiger charge is -2.32. The quantitative estimate of drug-likeness (QED) is 0.611. The van der Waals surface area contributed by atoms with E-state index in [0.717, 1.165) is 57.1 Å². The van der Waals surface area contributed by atoms with Gasteiger partial charge in [0.2, 0.25) is 0 Å². The van der Waals surface area contributed by atoms with Gasteiger partial charge in [-0.2, -0.15) is 0 Å². The van der Waals surface area contributed by atoms with Crippen molar-refractivity contribution in [1.29, 1.82) is 0 Å². The van der Waals surface area contributed by atoms with Crippen LogP contribution in [0.3, 0.4) is 0 Å². The van der Waals surface area contributed by atoms with Crippen molar-refractivity contribution in [2.24, 2.45) is 4.99 Å². The fourth-order valence-corrected chi connectivity index (χ4v) is 3.42. The van der Waals surface area contributed by atoms with E-state index in [4.69, 9.17) is 0 Å². The van der Waals surface area contributed by atoms with Gasteiger partial charge in [-0.15, -0.1) is 0 Å². The SMILES string of the molecule is CN=C(NCCc1ccc(C)cc1)NC1CCN(Cc2ccccn2)CC1. The van der Waals surface area contributed by atoms with Crippen molar-refractivity contribution in [2.45, 2.75) is 38.8 Å². The van der Waals surface area contributed by atoms with Crippen LogP contribution in [0.4, 0.5) is 0 Å². The Morgan fingerprint density at radius 1 is 1.15 bits per heavy atom. The number of aliphatic imine (C=N–C) groups is 1. The van der Waals surface area contributed by atoms with Gasteiger partial charge in [0.25, 0.3) is 0 Å². The molecule has 1 aliphatic heterocycles. The number of aromatic nitrogens is 1. The summed E-state index contributed by atoms with van der Waals surface area (Å²) in [5, 5.41) is 7.03. The summed E-state index contributed by atoms with van der Waals surface area (Å²) in [5.74, 6) is 0.908. The Kier molecular flexibility index (Phi) is 7.22. The van der Waals surface area contributed by atoms with Gasteiger partial charge in [0, 0.05) is 45.5 Å². The minimum atomic E-state index is 0.482. The summed E-state index contributed by atoms with van der Waals surface area (Å²) < 4.78 is 0. The number of hydrogen-bond acceptors (Lipinski definition) is 3. The van der Waals surface area contributed by atoms with Gasteiger partial charge in [0.1, 0.15) is 0 Å². The summed E-state index contributed by atoms with van der Waals surface area (Å²) in [6, 6.07) is 15.3. The topological polar surface area (TPSA) is 52.6 Å². The molecule has 144 valence electrons. The van der Waals surface area contributed by atoms with Crippen molar-refractivity contribution >= 4 is 5.96 Å². The maximum Gasteiger partial charge on any atom is 0.191 e. The van der Waals surface area contributed by atoms with Crippen LogP contribution in [0.1, 0.15) is 29.7 Å². The van der Waals surface area contributed by atoms with Crippen LogP contribution in [0.2, 0.25) is 0 Å². The second-order valence-electron chi connectivity index (χ2n) is 7.25. The summed E-state index contributed by atoms with van der Waals surface area (Å²) in [7, 11) is 1.84. The first-order valence-electron chi connectivity index (χ1n) is 9.88. The van der Waals surface area contributed by atoms with Gasteiger partial charge in [0.15, 0.2) is 5.96 Å². The number of piperidine rings is 1. The number of benzene rings is 1. The average Bonchev–Trinajstić information content (AvgIpc) is 2.71. The van der Waals surface area contributed by atoms with E-state index in [1.54, 1.807) is 0 Å². The second-order valence-corrected chi connectivity index (χ2v) is 7.25. The number of nitrogens with one attached hydrogen (secondary N) is 2. The first kappa shape index (κ1) is 19.4. The van der Waals surface area contributed by atoms with Crippen LogP contribution >= 0.6 is 0 Å². The number of nitrogens with zero attached hydrogens (tertiary/aromatic N) is 3. The molecular weight excluding hydrogens is 334 g/mol. The number of guanidine groups is 1. The third-order valence-electron chi connectivity index (χ3n) is 5.09. The molecule has 1 saturated heterocycles. The highest BCUT2D eigenvalue weighted by Crippen LogP contribution is 2.13. The molecule has 0 unspecified atom stereocenters. The molecule has 0 bridgehead atoms. The molecule has 0 atom stereocenters. The lowest BCUT2D eigenvalue weighted by atomic mass is 10.0. The molecule has 0 saturated carbocycles. The lowest BCUT2D eigenvalue weighted by molar-refractivity contribution is 0.196. The predicted octanol–water partition coefficient (Wildman–Crippen LogP) is 2.76. The maximum absolute atomic E-state index is 4.43. The van der Waals surface area contributed by atoms with Crippen LogP contribution in [0.5, 0.6) is 0 Å². The van der Waals surface area contributed by atoms with Crippen molar-refractivity contribution in [1.82, 2.24) is 20.5 Å². The van der Waals surface area contributed by atoms with Crippen LogP contribution in [-0.2, 0) is 13.0 Å². The zero-order valence-electron chi connectivity index (χ0n) is 16.5. The lowest BCUT2D eigenvalue weighted by Crippen LogP contribution is -2.48. The molecule has 2 aromatic rings. The van der Waals surface area contributed by atoms with E-state index >= 15 is 0 Å². The second kappa shape index (κ2) is 10.1. The summed E-state index contributed by atoms with van der Waals surface area (Å²) in [4.78, 5) is 11.3. The molecule has 1 aromatic carbocycles. The van der Waals surface area contributed by atoms with E-state index < -0.39 is 0 Å². The molecule has 0 amide bonds. The molecule has 5 heteroatoms. The van der Waals surface area contributed by atoms with Crippen molar-refractivity contribution in [2.75, 3.05) is 26.7 Å². The van der Waals surface area contributed by atoms with Crippen molar-refractivity contribution in [3.05, 3.63) is 65.5 Å². The number of aryl methyl sites for hydroxylation is 1. The minimum absolute atomic E-state index is 0.482. The average molecular weight is 366 g/mol. The first-order valence-corrected chi connectivity index (χ1v) is 9.88. The van der Waals surface area contributed by atoms with Crippen LogP contribution in [0.15, 0.2) is 53.7 Å². The first-order chi connectivity index (χ1) is 13.2. The normalized spacial score (nSPS) is 16.3. The fourth-order valence-electron chi connectivity index (χ4n) is 3.42. The zero-order valence-corrected chi connectivity index (χ0v) is 16.5. The van der Waals surface area contributed by atoms with Gasteiger partial charge < -0.3 is 10.6 Å². The van der Waals surface area contributed by atoms with E-state index in [1.807, 2.05) is 19.3 Å². The highest BCUT2D eigenvalue weighted by molar-refractivity contribution is 5.79. The Morgan fingerprint density at radius 3 is 2.59 bits per heavy atom. The molecule has 1 aromatic heterocycles. The third kappa shape index (κ3) is 6.36. The van der Waals surface area contributed by atoms with Gasteiger partial charge in [-0.1, -0.05) is 35.9 Å². The van der Waals surface area contributed by atoms with Gasteiger partial charge in [-0.3, -0.25) is 14.9 Å². The summed E-state index contributed by atoms with van der Waals surface area (Å²) >= 11 is 0. The van der Waals surface area contributed by atoms with Crippen LogP contribution in [0.25, 0.3) is 0 Å². The molecule has 1 aliphatic rings.